The summed E-state index contributed by atoms with van der Waals surface area (Å²) in [6.45, 7) is -0.461. The summed E-state index contributed by atoms with van der Waals surface area (Å²) in [5.41, 5.74) is 0.560. The van der Waals surface area contributed by atoms with Crippen molar-refractivity contribution in [1.82, 2.24) is 0 Å². The van der Waals surface area contributed by atoms with E-state index in [1.165, 1.54) is 5.56 Å². The Kier molecular flexibility index (Phi) is 5.97. The van der Waals surface area contributed by atoms with Crippen molar-refractivity contribution in [1.29, 1.82) is 0 Å². The van der Waals surface area contributed by atoms with Crippen LogP contribution >= 0.6 is 11.8 Å². The molecule has 1 saturated carbocycles. The summed E-state index contributed by atoms with van der Waals surface area (Å²) in [6.07, 6.45) is 0.460. The van der Waals surface area contributed by atoms with Crippen molar-refractivity contribution in [2.45, 2.75) is 35.3 Å². The van der Waals surface area contributed by atoms with Gasteiger partial charge in [0.25, 0.3) is 0 Å². The van der Waals surface area contributed by atoms with E-state index in [1.54, 1.807) is 18.9 Å². The molecule has 2 aromatic carbocycles. The van der Waals surface area contributed by atoms with Gasteiger partial charge >= 0.3 is 0 Å². The average molecular weight is 364 g/mol. The lowest BCUT2D eigenvalue weighted by atomic mass is 9.74. The highest BCUT2D eigenvalue weighted by atomic mass is 32.2. The molecule has 0 saturated heterocycles. The second-order valence-electron chi connectivity index (χ2n) is 6.22. The maximum absolute atomic E-state index is 14.8. The van der Waals surface area contributed by atoms with Gasteiger partial charge in [0.1, 0.15) is 18.1 Å². The molecular formula is C20H22F2O2S. The van der Waals surface area contributed by atoms with E-state index in [9.17, 15) is 8.78 Å². The molecule has 0 N–H and O–H groups in total. The molecule has 0 amide bonds. The van der Waals surface area contributed by atoms with E-state index in [2.05, 4.69) is 0 Å². The lowest BCUT2D eigenvalue weighted by Gasteiger charge is -2.41. The van der Waals surface area contributed by atoms with Gasteiger partial charge in [0.2, 0.25) is 0 Å². The second kappa shape index (κ2) is 8.19. The van der Waals surface area contributed by atoms with E-state index in [0.29, 0.717) is 18.4 Å². The smallest absolute Gasteiger partial charge is 0.140 e. The van der Waals surface area contributed by atoms with E-state index in [0.717, 1.165) is 16.4 Å². The Labute approximate surface area is 151 Å². The third kappa shape index (κ3) is 4.53. The molecule has 0 aromatic heterocycles. The summed E-state index contributed by atoms with van der Waals surface area (Å²) >= 11 is 1.71. The zero-order valence-electron chi connectivity index (χ0n) is 14.2. The quantitative estimate of drug-likeness (QED) is 0.592. The molecule has 0 bridgehead atoms. The molecule has 0 spiro atoms. The van der Waals surface area contributed by atoms with E-state index < -0.39 is 12.3 Å². The van der Waals surface area contributed by atoms with Crippen LogP contribution in [0.15, 0.2) is 53.4 Å². The minimum atomic E-state index is -1.33. The van der Waals surface area contributed by atoms with Crippen molar-refractivity contribution in [2.24, 2.45) is 0 Å². The Balaban J connectivity index is 1.52. The first-order valence-corrected chi connectivity index (χ1v) is 9.34. The minimum Gasteiger partial charge on any atom is -0.497 e. The van der Waals surface area contributed by atoms with E-state index in [1.807, 2.05) is 48.5 Å². The van der Waals surface area contributed by atoms with E-state index >= 15 is 0 Å². The fraction of sp³-hybridized carbons (Fsp3) is 0.400. The first-order valence-electron chi connectivity index (χ1n) is 8.36. The lowest BCUT2D eigenvalue weighted by Crippen LogP contribution is -2.42. The summed E-state index contributed by atoms with van der Waals surface area (Å²) in [7, 11) is 1.65. The molecule has 0 radical (unpaired) electrons. The van der Waals surface area contributed by atoms with Gasteiger partial charge in [0.05, 0.1) is 19.8 Å². The van der Waals surface area contributed by atoms with Gasteiger partial charge in [0.15, 0.2) is 0 Å². The van der Waals surface area contributed by atoms with Crippen LogP contribution in [0.3, 0.4) is 0 Å². The van der Waals surface area contributed by atoms with Gasteiger partial charge in [-0.2, -0.15) is 0 Å². The minimum absolute atomic E-state index is 0.0572. The van der Waals surface area contributed by atoms with Crippen LogP contribution in [0.2, 0.25) is 0 Å². The molecule has 1 aliphatic carbocycles. The van der Waals surface area contributed by atoms with Crippen molar-refractivity contribution >= 4 is 11.8 Å². The SMILES string of the molecule is COc1ccc(CSc2ccc([C@]3(F)C[C@H](OCCF)C3)cc2)cc1. The number of hydrogen-bond acceptors (Lipinski definition) is 3. The molecule has 1 aliphatic rings. The van der Waals surface area contributed by atoms with E-state index in [-0.39, 0.29) is 12.7 Å². The second-order valence-corrected chi connectivity index (χ2v) is 7.27. The lowest BCUT2D eigenvalue weighted by molar-refractivity contribution is -0.102. The number of ether oxygens (including phenoxy) is 2. The molecule has 1 fully saturated rings. The molecule has 3 rings (SSSR count). The monoisotopic (exact) mass is 364 g/mol. The Morgan fingerprint density at radius 2 is 1.76 bits per heavy atom. The molecule has 2 nitrogen and oxygen atoms in total. The molecule has 0 atom stereocenters. The van der Waals surface area contributed by atoms with Gasteiger partial charge in [-0.15, -0.1) is 11.8 Å². The van der Waals surface area contributed by atoms with Gasteiger partial charge < -0.3 is 9.47 Å². The fourth-order valence-electron chi connectivity index (χ4n) is 2.97. The van der Waals surface area contributed by atoms with Crippen molar-refractivity contribution in [2.75, 3.05) is 20.4 Å². The standard InChI is InChI=1S/C20H22F2O2S/c1-23-17-6-2-15(3-7-17)14-25-19-8-4-16(5-9-19)20(22)12-18(13-20)24-11-10-21/h2-9,18H,10-14H2,1H3/t18-,20-. The maximum atomic E-state index is 14.8. The number of benzene rings is 2. The van der Waals surface area contributed by atoms with Crippen molar-refractivity contribution in [3.05, 3.63) is 59.7 Å². The first-order chi connectivity index (χ1) is 12.1. The molecule has 0 heterocycles. The zero-order valence-corrected chi connectivity index (χ0v) is 15.0. The number of thioether (sulfide) groups is 1. The summed E-state index contributed by atoms with van der Waals surface area (Å²) in [5.74, 6) is 1.70. The predicted molar refractivity (Wildman–Crippen MR) is 96.7 cm³/mol. The number of methoxy groups -OCH3 is 1. The molecule has 5 heteroatoms. The van der Waals surface area contributed by atoms with Crippen LogP contribution in [0.1, 0.15) is 24.0 Å². The van der Waals surface area contributed by atoms with Crippen LogP contribution in [0, 0.1) is 0 Å². The molecule has 0 unspecified atom stereocenters. The highest BCUT2D eigenvalue weighted by Gasteiger charge is 2.46. The van der Waals surface area contributed by atoms with Crippen LogP contribution in [0.25, 0.3) is 0 Å². The topological polar surface area (TPSA) is 18.5 Å². The van der Waals surface area contributed by atoms with Gasteiger partial charge in [-0.3, -0.25) is 0 Å². The number of rotatable bonds is 8. The van der Waals surface area contributed by atoms with Crippen molar-refractivity contribution < 1.29 is 18.3 Å². The highest BCUT2D eigenvalue weighted by Crippen LogP contribution is 2.46. The summed E-state index contributed by atoms with van der Waals surface area (Å²) in [6, 6.07) is 15.6. The Morgan fingerprint density at radius 3 is 2.36 bits per heavy atom. The number of halogens is 2. The molecule has 2 aromatic rings. The third-order valence-corrected chi connectivity index (χ3v) is 5.55. The number of alkyl halides is 2. The van der Waals surface area contributed by atoms with Crippen LogP contribution in [0.5, 0.6) is 5.75 Å². The zero-order chi connectivity index (χ0) is 17.7. The van der Waals surface area contributed by atoms with Crippen LogP contribution < -0.4 is 4.74 Å². The Hall–Kier alpha value is -1.59. The van der Waals surface area contributed by atoms with Crippen LogP contribution in [-0.2, 0) is 16.2 Å². The first kappa shape index (κ1) is 18.2. The predicted octanol–water partition coefficient (Wildman–Crippen LogP) is 5.30. The Bertz CT molecular complexity index is 667. The fourth-order valence-corrected chi connectivity index (χ4v) is 3.82. The average Bonchev–Trinajstić information content (AvgIpc) is 2.63. The summed E-state index contributed by atoms with van der Waals surface area (Å²) < 4.78 is 37.3. The normalized spacial score (nSPS) is 22.4. The summed E-state index contributed by atoms with van der Waals surface area (Å²) in [4.78, 5) is 1.10. The van der Waals surface area contributed by atoms with Crippen molar-refractivity contribution in [3.63, 3.8) is 0 Å². The van der Waals surface area contributed by atoms with Crippen molar-refractivity contribution in [3.8, 4) is 5.75 Å². The highest BCUT2D eigenvalue weighted by molar-refractivity contribution is 7.98. The maximum Gasteiger partial charge on any atom is 0.140 e. The van der Waals surface area contributed by atoms with Crippen LogP contribution in [-0.4, -0.2) is 26.5 Å². The molecule has 134 valence electrons. The van der Waals surface area contributed by atoms with Gasteiger partial charge in [-0.05, 0) is 35.4 Å². The Morgan fingerprint density at radius 1 is 1.08 bits per heavy atom. The van der Waals surface area contributed by atoms with Gasteiger partial charge in [-0.1, -0.05) is 24.3 Å². The van der Waals surface area contributed by atoms with Crippen LogP contribution in [0.4, 0.5) is 8.78 Å². The number of hydrogen-bond donors (Lipinski definition) is 0. The molecule has 25 heavy (non-hydrogen) atoms. The summed E-state index contributed by atoms with van der Waals surface area (Å²) in [5, 5.41) is 0. The third-order valence-electron chi connectivity index (χ3n) is 4.47. The van der Waals surface area contributed by atoms with E-state index in [4.69, 9.17) is 9.47 Å². The van der Waals surface area contributed by atoms with Gasteiger partial charge in [0, 0.05) is 23.5 Å². The molecular weight excluding hydrogens is 342 g/mol. The molecule has 0 aliphatic heterocycles. The van der Waals surface area contributed by atoms with Gasteiger partial charge in [-0.25, -0.2) is 8.78 Å². The largest absolute Gasteiger partial charge is 0.497 e.